The number of nitrogens with two attached hydrogens (primary N) is 1. The molecule has 3 atom stereocenters. The molecule has 114 valence electrons. The van der Waals surface area contributed by atoms with Gasteiger partial charge in [-0.3, -0.25) is 0 Å². The molecule has 2 fully saturated rings. The Kier molecular flexibility index (Phi) is 3.09. The minimum Gasteiger partial charge on any atom is -0.458 e. The van der Waals surface area contributed by atoms with E-state index in [0.29, 0.717) is 17.2 Å². The van der Waals surface area contributed by atoms with E-state index >= 15 is 0 Å². The zero-order valence-corrected chi connectivity index (χ0v) is 13.4. The fourth-order valence-electron chi connectivity index (χ4n) is 4.31. The summed E-state index contributed by atoms with van der Waals surface area (Å²) in [5, 5.41) is 0. The van der Waals surface area contributed by atoms with Crippen molar-refractivity contribution in [3.8, 4) is 0 Å². The van der Waals surface area contributed by atoms with Crippen molar-refractivity contribution < 1.29 is 9.53 Å². The molecule has 0 aliphatic heterocycles. The molecule has 1 aromatic carbocycles. The summed E-state index contributed by atoms with van der Waals surface area (Å²) in [6.45, 7) is 8.85. The molecule has 0 amide bonds. The molecule has 0 radical (unpaired) electrons. The molecule has 1 aromatic rings. The van der Waals surface area contributed by atoms with Crippen molar-refractivity contribution >= 4 is 11.7 Å². The first-order chi connectivity index (χ1) is 9.75. The third-order valence-electron chi connectivity index (χ3n) is 6.47. The number of fused-ring (bicyclic) bond motifs is 2. The predicted octanol–water partition coefficient (Wildman–Crippen LogP) is 3.95. The number of carbonyl (C=O) groups excluding carboxylic acids is 1. The summed E-state index contributed by atoms with van der Waals surface area (Å²) in [6.07, 6.45) is 3.46. The van der Waals surface area contributed by atoms with Crippen molar-refractivity contribution in [2.45, 2.75) is 53.1 Å². The molecular formula is C18H25NO2. The standard InChI is InChI=1S/C18H25NO2/c1-11-9-12(5-6-14(11)19)16(20)21-15-10-13-7-8-18(15,4)17(13,2)3/h5-6,9,13,15H,7-8,10,19H2,1-4H3. The van der Waals surface area contributed by atoms with Crippen LogP contribution in [-0.2, 0) is 4.74 Å². The Bertz CT molecular complexity index is 593. The van der Waals surface area contributed by atoms with Gasteiger partial charge in [-0.2, -0.15) is 0 Å². The normalized spacial score (nSPS) is 33.1. The van der Waals surface area contributed by atoms with Crippen molar-refractivity contribution in [3.63, 3.8) is 0 Å². The van der Waals surface area contributed by atoms with Gasteiger partial charge in [-0.1, -0.05) is 20.8 Å². The summed E-state index contributed by atoms with van der Waals surface area (Å²) in [4.78, 5) is 12.4. The van der Waals surface area contributed by atoms with Crippen LogP contribution in [0.25, 0.3) is 0 Å². The molecule has 2 aliphatic carbocycles. The van der Waals surface area contributed by atoms with E-state index in [1.807, 2.05) is 13.0 Å². The number of benzene rings is 1. The number of rotatable bonds is 2. The van der Waals surface area contributed by atoms with Gasteiger partial charge in [-0.25, -0.2) is 4.79 Å². The number of nitrogen functional groups attached to an aromatic ring is 1. The highest BCUT2D eigenvalue weighted by Crippen LogP contribution is 2.66. The second-order valence-electron chi connectivity index (χ2n) is 7.58. The molecule has 0 spiro atoms. The SMILES string of the molecule is Cc1cc(C(=O)OC2CC3CCC2(C)C3(C)C)ccc1N. The van der Waals surface area contributed by atoms with Crippen LogP contribution in [-0.4, -0.2) is 12.1 Å². The highest BCUT2D eigenvalue weighted by atomic mass is 16.5. The van der Waals surface area contributed by atoms with E-state index in [-0.39, 0.29) is 22.9 Å². The topological polar surface area (TPSA) is 52.3 Å². The summed E-state index contributed by atoms with van der Waals surface area (Å²) in [5.74, 6) is 0.459. The van der Waals surface area contributed by atoms with Crippen LogP contribution in [0.5, 0.6) is 0 Å². The zero-order valence-electron chi connectivity index (χ0n) is 13.4. The first-order valence-electron chi connectivity index (χ1n) is 7.83. The van der Waals surface area contributed by atoms with E-state index in [4.69, 9.17) is 10.5 Å². The van der Waals surface area contributed by atoms with Crippen LogP contribution in [0.2, 0.25) is 0 Å². The summed E-state index contributed by atoms with van der Waals surface area (Å²) >= 11 is 0. The number of esters is 1. The summed E-state index contributed by atoms with van der Waals surface area (Å²) in [5.41, 5.74) is 8.40. The molecule has 21 heavy (non-hydrogen) atoms. The lowest BCUT2D eigenvalue weighted by Crippen LogP contribution is -2.38. The number of carbonyl (C=O) groups is 1. The second kappa shape index (κ2) is 4.49. The van der Waals surface area contributed by atoms with Crippen LogP contribution in [0, 0.1) is 23.7 Å². The Morgan fingerprint density at radius 3 is 2.57 bits per heavy atom. The second-order valence-corrected chi connectivity index (χ2v) is 7.58. The van der Waals surface area contributed by atoms with E-state index in [1.54, 1.807) is 12.1 Å². The lowest BCUT2D eigenvalue weighted by atomic mass is 9.70. The lowest BCUT2D eigenvalue weighted by Gasteiger charge is -2.38. The Balaban J connectivity index is 1.79. The van der Waals surface area contributed by atoms with Gasteiger partial charge in [-0.05, 0) is 61.3 Å². The van der Waals surface area contributed by atoms with Gasteiger partial charge in [0.25, 0.3) is 0 Å². The number of ether oxygens (including phenoxy) is 1. The smallest absolute Gasteiger partial charge is 0.338 e. The van der Waals surface area contributed by atoms with Crippen LogP contribution in [0.1, 0.15) is 56.0 Å². The van der Waals surface area contributed by atoms with Crippen LogP contribution >= 0.6 is 0 Å². The molecule has 0 aromatic heterocycles. The highest BCUT2D eigenvalue weighted by molar-refractivity contribution is 5.90. The molecule has 3 nitrogen and oxygen atoms in total. The number of hydrogen-bond donors (Lipinski definition) is 1. The molecule has 3 heteroatoms. The van der Waals surface area contributed by atoms with Gasteiger partial charge >= 0.3 is 5.97 Å². The van der Waals surface area contributed by atoms with Crippen molar-refractivity contribution in [1.29, 1.82) is 0 Å². The van der Waals surface area contributed by atoms with Gasteiger partial charge < -0.3 is 10.5 Å². The molecule has 0 saturated heterocycles. The average Bonchev–Trinajstić information content (AvgIpc) is 2.75. The fraction of sp³-hybridized carbons (Fsp3) is 0.611. The van der Waals surface area contributed by atoms with E-state index in [2.05, 4.69) is 20.8 Å². The maximum Gasteiger partial charge on any atom is 0.338 e. The van der Waals surface area contributed by atoms with Crippen molar-refractivity contribution in [1.82, 2.24) is 0 Å². The quantitative estimate of drug-likeness (QED) is 0.662. The molecule has 2 saturated carbocycles. The first-order valence-corrected chi connectivity index (χ1v) is 7.83. The predicted molar refractivity (Wildman–Crippen MR) is 84.0 cm³/mol. The van der Waals surface area contributed by atoms with Crippen molar-refractivity contribution in [2.24, 2.45) is 16.7 Å². The third kappa shape index (κ3) is 1.97. The minimum absolute atomic E-state index is 0.0385. The van der Waals surface area contributed by atoms with Gasteiger partial charge in [-0.15, -0.1) is 0 Å². The Morgan fingerprint density at radius 2 is 2.05 bits per heavy atom. The Morgan fingerprint density at radius 1 is 1.33 bits per heavy atom. The summed E-state index contributed by atoms with van der Waals surface area (Å²) < 4.78 is 5.89. The van der Waals surface area contributed by atoms with E-state index in [9.17, 15) is 4.79 Å². The zero-order chi connectivity index (χ0) is 15.4. The molecular weight excluding hydrogens is 262 g/mol. The van der Waals surface area contributed by atoms with Crippen LogP contribution < -0.4 is 5.73 Å². The third-order valence-corrected chi connectivity index (χ3v) is 6.47. The van der Waals surface area contributed by atoms with Crippen LogP contribution in [0.15, 0.2) is 18.2 Å². The Labute approximate surface area is 126 Å². The molecule has 2 aliphatic rings. The van der Waals surface area contributed by atoms with Gasteiger partial charge in [0.1, 0.15) is 6.10 Å². The van der Waals surface area contributed by atoms with E-state index in [0.717, 1.165) is 18.4 Å². The average molecular weight is 287 g/mol. The number of hydrogen-bond acceptors (Lipinski definition) is 3. The minimum atomic E-state index is -0.215. The highest BCUT2D eigenvalue weighted by Gasteiger charge is 2.62. The molecule has 2 N–H and O–H groups in total. The lowest BCUT2D eigenvalue weighted by molar-refractivity contribution is -0.0242. The van der Waals surface area contributed by atoms with Crippen LogP contribution in [0.3, 0.4) is 0 Å². The van der Waals surface area contributed by atoms with Gasteiger partial charge in [0.2, 0.25) is 0 Å². The van der Waals surface area contributed by atoms with Gasteiger partial charge in [0.05, 0.1) is 5.56 Å². The fourth-order valence-corrected chi connectivity index (χ4v) is 4.31. The number of anilines is 1. The van der Waals surface area contributed by atoms with Gasteiger partial charge in [0.15, 0.2) is 0 Å². The largest absolute Gasteiger partial charge is 0.458 e. The van der Waals surface area contributed by atoms with Crippen LogP contribution in [0.4, 0.5) is 5.69 Å². The molecule has 3 unspecified atom stereocenters. The molecule has 0 heterocycles. The van der Waals surface area contributed by atoms with Crippen molar-refractivity contribution in [2.75, 3.05) is 5.73 Å². The van der Waals surface area contributed by atoms with Crippen molar-refractivity contribution in [3.05, 3.63) is 29.3 Å². The first kappa shape index (κ1) is 14.4. The Hall–Kier alpha value is -1.51. The monoisotopic (exact) mass is 287 g/mol. The maximum atomic E-state index is 12.4. The number of aryl methyl sites for hydroxylation is 1. The van der Waals surface area contributed by atoms with Gasteiger partial charge in [0, 0.05) is 11.1 Å². The molecule has 3 rings (SSSR count). The van der Waals surface area contributed by atoms with E-state index < -0.39 is 0 Å². The van der Waals surface area contributed by atoms with E-state index in [1.165, 1.54) is 6.42 Å². The maximum absolute atomic E-state index is 12.4. The summed E-state index contributed by atoms with van der Waals surface area (Å²) in [7, 11) is 0. The molecule has 2 bridgehead atoms. The summed E-state index contributed by atoms with van der Waals surface area (Å²) in [6, 6.07) is 5.35.